The number of nitrogens with zero attached hydrogens (tertiary/aromatic N) is 2. The van der Waals surface area contributed by atoms with Crippen LogP contribution >= 0.6 is 11.6 Å². The topological polar surface area (TPSA) is 94.1 Å². The number of halogens is 1. The van der Waals surface area contributed by atoms with E-state index in [-0.39, 0.29) is 5.78 Å². The summed E-state index contributed by atoms with van der Waals surface area (Å²) in [6, 6.07) is 15.4. The molecule has 2 aromatic carbocycles. The van der Waals surface area contributed by atoms with Gasteiger partial charge >= 0.3 is 5.97 Å². The van der Waals surface area contributed by atoms with Crippen molar-refractivity contribution in [2.24, 2.45) is 0 Å². The third-order valence-corrected chi connectivity index (χ3v) is 5.13. The van der Waals surface area contributed by atoms with Crippen molar-refractivity contribution < 1.29 is 14.3 Å². The summed E-state index contributed by atoms with van der Waals surface area (Å²) >= 11 is 5.92. The molecule has 4 rings (SSSR count). The lowest BCUT2D eigenvalue weighted by atomic mass is 10.1. The van der Waals surface area contributed by atoms with Gasteiger partial charge in [-0.25, -0.2) is 9.48 Å². The maximum absolute atomic E-state index is 12.8. The third kappa shape index (κ3) is 4.00. The van der Waals surface area contributed by atoms with Crippen LogP contribution in [-0.4, -0.2) is 32.6 Å². The number of H-pyrrole nitrogens is 1. The normalized spacial score (nSPS) is 12.0. The fourth-order valence-electron chi connectivity index (χ4n) is 3.30. The van der Waals surface area contributed by atoms with Crippen molar-refractivity contribution in [1.29, 1.82) is 0 Å². The summed E-state index contributed by atoms with van der Waals surface area (Å²) in [5.74, 6) is -1.34. The zero-order valence-corrected chi connectivity index (χ0v) is 17.5. The van der Waals surface area contributed by atoms with E-state index < -0.39 is 23.2 Å². The summed E-state index contributed by atoms with van der Waals surface area (Å²) in [6.07, 6.45) is 0.479. The molecule has 156 valence electrons. The van der Waals surface area contributed by atoms with Crippen LogP contribution < -0.4 is 5.43 Å². The largest absolute Gasteiger partial charge is 0.449 e. The summed E-state index contributed by atoms with van der Waals surface area (Å²) < 4.78 is 6.75. The zero-order chi connectivity index (χ0) is 22.1. The molecule has 0 amide bonds. The van der Waals surface area contributed by atoms with E-state index in [2.05, 4.69) is 10.1 Å². The quantitative estimate of drug-likeness (QED) is 0.376. The van der Waals surface area contributed by atoms with Gasteiger partial charge in [0.1, 0.15) is 0 Å². The van der Waals surface area contributed by atoms with Crippen LogP contribution in [0, 0.1) is 6.92 Å². The van der Waals surface area contributed by atoms with Crippen molar-refractivity contribution >= 4 is 34.3 Å². The molecule has 1 unspecified atom stereocenters. The highest BCUT2D eigenvalue weighted by molar-refractivity contribution is 6.30. The number of rotatable bonds is 5. The van der Waals surface area contributed by atoms with Crippen LogP contribution in [0.5, 0.6) is 0 Å². The molecule has 0 fully saturated rings. The highest BCUT2D eigenvalue weighted by Crippen LogP contribution is 2.20. The number of hydrogen-bond acceptors (Lipinski definition) is 5. The Balaban J connectivity index is 1.60. The van der Waals surface area contributed by atoms with Crippen LogP contribution in [0.25, 0.3) is 16.6 Å². The number of carbonyl (C=O) groups is 2. The van der Waals surface area contributed by atoms with Crippen LogP contribution in [0.4, 0.5) is 0 Å². The van der Waals surface area contributed by atoms with Crippen LogP contribution in [0.2, 0.25) is 5.02 Å². The molecule has 2 aromatic heterocycles. The second-order valence-corrected chi connectivity index (χ2v) is 7.48. The summed E-state index contributed by atoms with van der Waals surface area (Å²) in [7, 11) is 0. The van der Waals surface area contributed by atoms with Crippen molar-refractivity contribution in [2.75, 3.05) is 0 Å². The predicted octanol–water partition coefficient (Wildman–Crippen LogP) is 4.10. The highest BCUT2D eigenvalue weighted by Gasteiger charge is 2.25. The minimum Gasteiger partial charge on any atom is -0.449 e. The van der Waals surface area contributed by atoms with Gasteiger partial charge in [0.15, 0.2) is 6.10 Å². The van der Waals surface area contributed by atoms with Crippen molar-refractivity contribution in [3.05, 3.63) is 93.0 Å². The summed E-state index contributed by atoms with van der Waals surface area (Å²) in [6.45, 7) is 3.16. The Kier molecular flexibility index (Phi) is 5.44. The molecule has 0 aliphatic carbocycles. The molecule has 0 saturated carbocycles. The molecule has 0 aliphatic rings. The lowest BCUT2D eigenvalue weighted by Crippen LogP contribution is -2.29. The number of aromatic nitrogens is 3. The average molecular weight is 436 g/mol. The molecule has 1 N–H and O–H groups in total. The molecule has 8 heteroatoms. The number of fused-ring (bicyclic) bond motifs is 1. The Morgan fingerprint density at radius 2 is 1.84 bits per heavy atom. The summed E-state index contributed by atoms with van der Waals surface area (Å²) in [5.41, 5.74) is 1.38. The number of aromatic amines is 1. The minimum atomic E-state index is -1.10. The molecule has 0 bridgehead atoms. The van der Waals surface area contributed by atoms with Gasteiger partial charge < -0.3 is 9.72 Å². The van der Waals surface area contributed by atoms with E-state index in [9.17, 15) is 14.4 Å². The summed E-state index contributed by atoms with van der Waals surface area (Å²) in [4.78, 5) is 40.9. The Hall–Kier alpha value is -3.71. The molecule has 4 aromatic rings. The van der Waals surface area contributed by atoms with E-state index in [1.165, 1.54) is 17.7 Å². The maximum atomic E-state index is 12.8. The second-order valence-electron chi connectivity index (χ2n) is 7.05. The van der Waals surface area contributed by atoms with Crippen LogP contribution in [0.15, 0.2) is 65.6 Å². The lowest BCUT2D eigenvalue weighted by molar-refractivity contribution is 0.0310. The van der Waals surface area contributed by atoms with Gasteiger partial charge in [-0.2, -0.15) is 5.10 Å². The number of ketones is 1. The minimum absolute atomic E-state index is 0.379. The van der Waals surface area contributed by atoms with Gasteiger partial charge in [0.2, 0.25) is 16.9 Å². The van der Waals surface area contributed by atoms with Crippen molar-refractivity contribution in [3.63, 3.8) is 0 Å². The number of aryl methyl sites for hydroxylation is 1. The van der Waals surface area contributed by atoms with E-state index in [0.29, 0.717) is 22.0 Å². The third-order valence-electron chi connectivity index (χ3n) is 4.88. The fourth-order valence-corrected chi connectivity index (χ4v) is 3.42. The fraction of sp³-hybridized carbons (Fsp3) is 0.130. The van der Waals surface area contributed by atoms with Crippen LogP contribution in [0.1, 0.15) is 33.5 Å². The predicted molar refractivity (Wildman–Crippen MR) is 117 cm³/mol. The lowest BCUT2D eigenvalue weighted by Gasteiger charge is -2.14. The maximum Gasteiger partial charge on any atom is 0.363 e. The molecule has 0 spiro atoms. The molecule has 1 atom stereocenters. The van der Waals surface area contributed by atoms with Crippen LogP contribution in [-0.2, 0) is 4.74 Å². The van der Waals surface area contributed by atoms with Gasteiger partial charge in [0.05, 0.1) is 5.69 Å². The SMILES string of the molecule is Cc1cc(=O)c(C(=O)OC(C)C(=O)c2c[nH]c3ccccc23)nn1-c1ccc(Cl)cc1. The van der Waals surface area contributed by atoms with Crippen LogP contribution in [0.3, 0.4) is 0 Å². The van der Waals surface area contributed by atoms with E-state index in [4.69, 9.17) is 16.3 Å². The first-order valence-corrected chi connectivity index (χ1v) is 9.91. The van der Waals surface area contributed by atoms with Gasteiger partial charge in [0.25, 0.3) is 0 Å². The molecule has 31 heavy (non-hydrogen) atoms. The monoisotopic (exact) mass is 435 g/mol. The number of carbonyl (C=O) groups excluding carboxylic acids is 2. The van der Waals surface area contributed by atoms with Gasteiger partial charge in [-0.3, -0.25) is 9.59 Å². The van der Waals surface area contributed by atoms with Crippen molar-refractivity contribution in [1.82, 2.24) is 14.8 Å². The smallest absolute Gasteiger partial charge is 0.363 e. The van der Waals surface area contributed by atoms with Gasteiger partial charge in [-0.1, -0.05) is 29.8 Å². The molecule has 0 aliphatic heterocycles. The first kappa shape index (κ1) is 20.6. The van der Waals surface area contributed by atoms with Gasteiger partial charge in [-0.15, -0.1) is 0 Å². The Morgan fingerprint density at radius 1 is 1.13 bits per heavy atom. The van der Waals surface area contributed by atoms with Gasteiger partial charge in [-0.05, 0) is 44.2 Å². The molecular formula is C23H18ClN3O4. The standard InChI is InChI=1S/C23H18ClN3O4/c1-13-11-20(28)21(26-27(13)16-9-7-15(24)8-10-16)23(30)31-14(2)22(29)18-12-25-19-6-4-3-5-17(18)19/h3-12,14,25H,1-2H3. The van der Waals surface area contributed by atoms with Crippen molar-refractivity contribution in [3.8, 4) is 5.69 Å². The zero-order valence-electron chi connectivity index (χ0n) is 16.8. The van der Waals surface area contributed by atoms with E-state index in [1.54, 1.807) is 43.5 Å². The number of para-hydroxylation sites is 1. The summed E-state index contributed by atoms with van der Waals surface area (Å²) in [5, 5.41) is 5.44. The van der Waals surface area contributed by atoms with E-state index in [1.807, 2.05) is 18.2 Å². The van der Waals surface area contributed by atoms with E-state index >= 15 is 0 Å². The second kappa shape index (κ2) is 8.20. The Bertz CT molecular complexity index is 1360. The number of hydrogen-bond donors (Lipinski definition) is 1. The molecular weight excluding hydrogens is 418 g/mol. The molecule has 7 nitrogen and oxygen atoms in total. The molecule has 2 heterocycles. The Morgan fingerprint density at radius 3 is 2.58 bits per heavy atom. The molecule has 0 radical (unpaired) electrons. The number of esters is 1. The average Bonchev–Trinajstić information content (AvgIpc) is 3.18. The number of nitrogens with one attached hydrogen (secondary N) is 1. The van der Waals surface area contributed by atoms with Gasteiger partial charge in [0, 0.05) is 39.4 Å². The first-order valence-electron chi connectivity index (χ1n) is 9.53. The van der Waals surface area contributed by atoms with E-state index in [0.717, 1.165) is 10.9 Å². The first-order chi connectivity index (χ1) is 14.8. The van der Waals surface area contributed by atoms with Crippen molar-refractivity contribution in [2.45, 2.75) is 20.0 Å². The highest BCUT2D eigenvalue weighted by atomic mass is 35.5. The Labute approximate surface area is 182 Å². The molecule has 0 saturated heterocycles. The number of benzene rings is 2. The number of Topliss-reactive ketones (excluding diaryl/α,β-unsaturated/α-hetero) is 1. The number of ether oxygens (including phenoxy) is 1.